The Bertz CT molecular complexity index is 708. The Labute approximate surface area is 121 Å². The predicted molar refractivity (Wildman–Crippen MR) is 78.1 cm³/mol. The molecule has 0 radical (unpaired) electrons. The molecule has 1 aromatic carbocycles. The van der Waals surface area contributed by atoms with E-state index in [-0.39, 0.29) is 0 Å². The highest BCUT2D eigenvalue weighted by molar-refractivity contribution is 7.98. The third-order valence-electron chi connectivity index (χ3n) is 2.89. The topological polar surface area (TPSA) is 52.3 Å². The quantitative estimate of drug-likeness (QED) is 0.690. The van der Waals surface area contributed by atoms with Crippen molar-refractivity contribution in [3.8, 4) is 5.75 Å². The number of rotatable bonds is 4. The van der Waals surface area contributed by atoms with Crippen LogP contribution in [0.3, 0.4) is 0 Å². The maximum atomic E-state index is 5.38. The summed E-state index contributed by atoms with van der Waals surface area (Å²) in [7, 11) is 1.69. The van der Waals surface area contributed by atoms with Crippen LogP contribution in [0.5, 0.6) is 5.75 Å². The summed E-state index contributed by atoms with van der Waals surface area (Å²) in [5, 5.41) is 5.09. The average molecular weight is 286 g/mol. The molecule has 6 heteroatoms. The van der Waals surface area contributed by atoms with Crippen molar-refractivity contribution in [3.63, 3.8) is 0 Å². The fourth-order valence-electron chi connectivity index (χ4n) is 1.94. The van der Waals surface area contributed by atoms with Gasteiger partial charge < -0.3 is 4.74 Å². The minimum Gasteiger partial charge on any atom is -0.496 e. The number of aromatic nitrogens is 4. The minimum absolute atomic E-state index is 0.617. The molecule has 20 heavy (non-hydrogen) atoms. The summed E-state index contributed by atoms with van der Waals surface area (Å²) >= 11 is 1.57. The van der Waals surface area contributed by atoms with Crippen LogP contribution in [0.15, 0.2) is 41.8 Å². The minimum atomic E-state index is 0.617. The van der Waals surface area contributed by atoms with Gasteiger partial charge in [0.25, 0.3) is 5.78 Å². The van der Waals surface area contributed by atoms with E-state index in [2.05, 4.69) is 28.1 Å². The van der Waals surface area contributed by atoms with E-state index >= 15 is 0 Å². The molecular formula is C14H14N4OS. The van der Waals surface area contributed by atoms with Crippen LogP contribution in [-0.4, -0.2) is 26.7 Å². The number of hydrogen-bond acceptors (Lipinski definition) is 5. The number of hydrogen-bond donors (Lipinski definition) is 0. The van der Waals surface area contributed by atoms with Gasteiger partial charge in [-0.15, -0.1) is 5.10 Å². The van der Waals surface area contributed by atoms with Crippen LogP contribution in [-0.2, 0) is 5.75 Å². The van der Waals surface area contributed by atoms with E-state index in [1.54, 1.807) is 29.6 Å². The molecule has 3 rings (SSSR count). The van der Waals surface area contributed by atoms with Gasteiger partial charge in [0.1, 0.15) is 5.75 Å². The first kappa shape index (κ1) is 12.9. The van der Waals surface area contributed by atoms with Gasteiger partial charge in [-0.25, -0.2) is 9.50 Å². The van der Waals surface area contributed by atoms with Crippen LogP contribution in [0.25, 0.3) is 5.78 Å². The lowest BCUT2D eigenvalue weighted by molar-refractivity contribution is 0.411. The molecule has 0 unspecified atom stereocenters. The maximum Gasteiger partial charge on any atom is 0.253 e. The second-order valence-corrected chi connectivity index (χ2v) is 5.31. The summed E-state index contributed by atoms with van der Waals surface area (Å²) < 4.78 is 7.05. The number of aryl methyl sites for hydroxylation is 1. The van der Waals surface area contributed by atoms with Crippen molar-refractivity contribution in [2.24, 2.45) is 0 Å². The van der Waals surface area contributed by atoms with Crippen molar-refractivity contribution >= 4 is 17.5 Å². The molecule has 3 aromatic rings. The summed E-state index contributed by atoms with van der Waals surface area (Å²) in [6.07, 6.45) is 3.55. The highest BCUT2D eigenvalue weighted by atomic mass is 32.2. The lowest BCUT2D eigenvalue weighted by atomic mass is 10.1. The Balaban J connectivity index is 1.80. The molecule has 5 nitrogen and oxygen atoms in total. The van der Waals surface area contributed by atoms with E-state index in [0.717, 1.165) is 17.1 Å². The van der Waals surface area contributed by atoms with Crippen molar-refractivity contribution in [3.05, 3.63) is 47.8 Å². The number of ether oxygens (including phenoxy) is 1. The molecule has 0 saturated heterocycles. The van der Waals surface area contributed by atoms with Gasteiger partial charge >= 0.3 is 0 Å². The van der Waals surface area contributed by atoms with E-state index in [4.69, 9.17) is 4.74 Å². The van der Waals surface area contributed by atoms with Crippen LogP contribution < -0.4 is 4.74 Å². The Morgan fingerprint density at radius 2 is 2.25 bits per heavy atom. The second kappa shape index (κ2) is 5.50. The fourth-order valence-corrected chi connectivity index (χ4v) is 2.74. The molecule has 0 N–H and O–H groups in total. The Kier molecular flexibility index (Phi) is 3.56. The Morgan fingerprint density at radius 1 is 1.35 bits per heavy atom. The van der Waals surface area contributed by atoms with Crippen molar-refractivity contribution in [1.82, 2.24) is 19.6 Å². The first-order valence-corrected chi connectivity index (χ1v) is 7.18. The van der Waals surface area contributed by atoms with Gasteiger partial charge in [0, 0.05) is 23.7 Å². The Hall–Kier alpha value is -2.08. The van der Waals surface area contributed by atoms with Gasteiger partial charge in [0.2, 0.25) is 5.16 Å². The van der Waals surface area contributed by atoms with Gasteiger partial charge in [0.05, 0.1) is 7.11 Å². The maximum absolute atomic E-state index is 5.38. The summed E-state index contributed by atoms with van der Waals surface area (Å²) in [5.41, 5.74) is 2.36. The normalized spacial score (nSPS) is 10.9. The van der Waals surface area contributed by atoms with E-state index in [9.17, 15) is 0 Å². The molecule has 0 spiro atoms. The number of fused-ring (bicyclic) bond motifs is 1. The molecule has 0 amide bonds. The molecule has 102 valence electrons. The number of benzene rings is 1. The zero-order chi connectivity index (χ0) is 13.9. The number of methoxy groups -OCH3 is 1. The summed E-state index contributed by atoms with van der Waals surface area (Å²) in [6.45, 7) is 2.07. The van der Waals surface area contributed by atoms with E-state index in [1.165, 1.54) is 5.56 Å². The fraction of sp³-hybridized carbons (Fsp3) is 0.214. The van der Waals surface area contributed by atoms with Crippen LogP contribution in [0.1, 0.15) is 11.1 Å². The molecule has 0 saturated carbocycles. The van der Waals surface area contributed by atoms with Crippen LogP contribution >= 0.6 is 11.8 Å². The SMILES string of the molecule is COc1ccc(C)cc1CSc1nc2ncccn2n1. The second-order valence-electron chi connectivity index (χ2n) is 4.36. The van der Waals surface area contributed by atoms with Crippen LogP contribution in [0.4, 0.5) is 0 Å². The summed E-state index contributed by atoms with van der Waals surface area (Å²) in [6, 6.07) is 7.99. The van der Waals surface area contributed by atoms with Gasteiger partial charge in [-0.05, 0) is 19.1 Å². The molecule has 0 aliphatic rings. The molecule has 0 aliphatic heterocycles. The van der Waals surface area contributed by atoms with E-state index < -0.39 is 0 Å². The molecule has 0 atom stereocenters. The highest BCUT2D eigenvalue weighted by Gasteiger charge is 2.08. The highest BCUT2D eigenvalue weighted by Crippen LogP contribution is 2.27. The lowest BCUT2D eigenvalue weighted by Gasteiger charge is -2.07. The molecule has 0 fully saturated rings. The zero-order valence-corrected chi connectivity index (χ0v) is 12.1. The molecule has 0 bridgehead atoms. The van der Waals surface area contributed by atoms with E-state index in [1.807, 2.05) is 24.4 Å². The zero-order valence-electron chi connectivity index (χ0n) is 11.3. The monoisotopic (exact) mass is 286 g/mol. The van der Waals surface area contributed by atoms with Gasteiger partial charge in [-0.2, -0.15) is 4.98 Å². The van der Waals surface area contributed by atoms with E-state index in [0.29, 0.717) is 10.9 Å². The lowest BCUT2D eigenvalue weighted by Crippen LogP contribution is -1.91. The standard InChI is InChI=1S/C14H14N4OS/c1-10-4-5-12(19-2)11(8-10)9-20-14-16-13-15-6-3-7-18(13)17-14/h3-8H,9H2,1-2H3. The van der Waals surface area contributed by atoms with Crippen LogP contribution in [0, 0.1) is 6.92 Å². The predicted octanol–water partition coefficient (Wildman–Crippen LogP) is 2.73. The largest absolute Gasteiger partial charge is 0.496 e. The molecule has 0 aliphatic carbocycles. The molecule has 2 heterocycles. The summed E-state index contributed by atoms with van der Waals surface area (Å²) in [5.74, 6) is 2.28. The van der Waals surface area contributed by atoms with Gasteiger partial charge in [-0.1, -0.05) is 29.5 Å². The van der Waals surface area contributed by atoms with Crippen LogP contribution in [0.2, 0.25) is 0 Å². The van der Waals surface area contributed by atoms with Crippen molar-refractivity contribution in [1.29, 1.82) is 0 Å². The van der Waals surface area contributed by atoms with Crippen molar-refractivity contribution in [2.75, 3.05) is 7.11 Å². The first-order valence-electron chi connectivity index (χ1n) is 6.20. The smallest absolute Gasteiger partial charge is 0.253 e. The Morgan fingerprint density at radius 3 is 3.05 bits per heavy atom. The first-order chi connectivity index (χ1) is 9.76. The van der Waals surface area contributed by atoms with Crippen molar-refractivity contribution in [2.45, 2.75) is 17.8 Å². The third kappa shape index (κ3) is 2.60. The number of nitrogens with zero attached hydrogens (tertiary/aromatic N) is 4. The molecule has 2 aromatic heterocycles. The number of thioether (sulfide) groups is 1. The van der Waals surface area contributed by atoms with Gasteiger partial charge in [0.15, 0.2) is 0 Å². The van der Waals surface area contributed by atoms with Gasteiger partial charge in [-0.3, -0.25) is 0 Å². The summed E-state index contributed by atoms with van der Waals surface area (Å²) in [4.78, 5) is 8.52. The third-order valence-corrected chi connectivity index (χ3v) is 3.78. The van der Waals surface area contributed by atoms with Crippen molar-refractivity contribution < 1.29 is 4.74 Å². The molecular weight excluding hydrogens is 272 g/mol. The average Bonchev–Trinajstić information content (AvgIpc) is 2.88.